The maximum Gasteiger partial charge on any atom is 0.203 e. The second kappa shape index (κ2) is 7.54. The van der Waals surface area contributed by atoms with Crippen LogP contribution in [0.25, 0.3) is 16.8 Å². The number of benzene rings is 3. The van der Waals surface area contributed by atoms with E-state index in [-0.39, 0.29) is 11.4 Å². The number of nitriles is 1. The number of ether oxygens (including phenoxy) is 2. The van der Waals surface area contributed by atoms with E-state index in [1.807, 2.05) is 42.5 Å². The van der Waals surface area contributed by atoms with Gasteiger partial charge in [0.05, 0.1) is 14.2 Å². The average molecular weight is 343 g/mol. The Morgan fingerprint density at radius 3 is 2.35 bits per heavy atom. The first-order valence-electron chi connectivity index (χ1n) is 8.03. The largest absolute Gasteiger partial charge is 0.497 e. The summed E-state index contributed by atoms with van der Waals surface area (Å²) in [6.07, 6.45) is 1.60. The normalized spacial score (nSPS) is 11.0. The molecule has 0 saturated heterocycles. The van der Waals surface area contributed by atoms with Gasteiger partial charge in [0.1, 0.15) is 23.1 Å². The second-order valence-corrected chi connectivity index (χ2v) is 5.70. The molecule has 26 heavy (non-hydrogen) atoms. The lowest BCUT2D eigenvalue weighted by molar-refractivity contribution is 0.103. The highest BCUT2D eigenvalue weighted by Crippen LogP contribution is 2.23. The third-order valence-corrected chi connectivity index (χ3v) is 4.08. The van der Waals surface area contributed by atoms with Crippen molar-refractivity contribution in [3.05, 3.63) is 77.4 Å². The molecule has 0 saturated carbocycles. The van der Waals surface area contributed by atoms with Gasteiger partial charge in [0.25, 0.3) is 0 Å². The Bertz CT molecular complexity index is 1040. The number of methoxy groups -OCH3 is 2. The first kappa shape index (κ1) is 17.2. The molecular formula is C22H17NO3. The minimum atomic E-state index is -0.332. The van der Waals surface area contributed by atoms with Crippen LogP contribution in [0.1, 0.15) is 15.9 Å². The Morgan fingerprint density at radius 2 is 1.62 bits per heavy atom. The van der Waals surface area contributed by atoms with E-state index in [0.29, 0.717) is 11.3 Å². The molecule has 0 amide bonds. The first-order valence-corrected chi connectivity index (χ1v) is 8.03. The molecule has 0 fully saturated rings. The number of allylic oxidation sites excluding steroid dienone is 1. The van der Waals surface area contributed by atoms with Crippen LogP contribution in [0.2, 0.25) is 0 Å². The summed E-state index contributed by atoms with van der Waals surface area (Å²) in [5, 5.41) is 11.5. The quantitative estimate of drug-likeness (QED) is 0.384. The summed E-state index contributed by atoms with van der Waals surface area (Å²) in [4.78, 5) is 12.6. The lowest BCUT2D eigenvalue weighted by Crippen LogP contribution is -2.02. The van der Waals surface area contributed by atoms with Gasteiger partial charge in [0.2, 0.25) is 5.78 Å². The van der Waals surface area contributed by atoms with Crippen LogP contribution in [0, 0.1) is 11.3 Å². The van der Waals surface area contributed by atoms with Gasteiger partial charge in [0.15, 0.2) is 0 Å². The molecule has 0 N–H and O–H groups in total. The Labute approximate surface area is 151 Å². The molecule has 0 aliphatic heterocycles. The molecule has 0 atom stereocenters. The van der Waals surface area contributed by atoms with E-state index in [1.165, 1.54) is 7.11 Å². The van der Waals surface area contributed by atoms with Crippen molar-refractivity contribution in [3.8, 4) is 17.6 Å². The van der Waals surface area contributed by atoms with Crippen molar-refractivity contribution >= 4 is 22.6 Å². The van der Waals surface area contributed by atoms with Crippen LogP contribution >= 0.6 is 0 Å². The van der Waals surface area contributed by atoms with E-state index in [9.17, 15) is 10.1 Å². The van der Waals surface area contributed by atoms with Crippen LogP contribution in [0.3, 0.4) is 0 Å². The summed E-state index contributed by atoms with van der Waals surface area (Å²) in [5.41, 5.74) is 1.28. The van der Waals surface area contributed by atoms with Crippen molar-refractivity contribution in [1.29, 1.82) is 5.26 Å². The number of Topliss-reactive ketones (excluding diaryl/α,β-unsaturated/α-hetero) is 1. The average Bonchev–Trinajstić information content (AvgIpc) is 2.71. The summed E-state index contributed by atoms with van der Waals surface area (Å²) in [5.74, 6) is 1.03. The number of fused-ring (bicyclic) bond motifs is 1. The molecule has 4 nitrogen and oxygen atoms in total. The SMILES string of the molecule is COc1cccc(C(=O)/C(C#N)=C\c2ccc3cc(OC)ccc3c2)c1. The lowest BCUT2D eigenvalue weighted by atomic mass is 10.00. The molecule has 3 rings (SSSR count). The third kappa shape index (κ3) is 3.57. The van der Waals surface area contributed by atoms with E-state index in [1.54, 1.807) is 37.5 Å². The maximum absolute atomic E-state index is 12.6. The minimum absolute atomic E-state index is 0.0751. The van der Waals surface area contributed by atoms with Crippen molar-refractivity contribution < 1.29 is 14.3 Å². The molecule has 4 heteroatoms. The van der Waals surface area contributed by atoms with Gasteiger partial charge in [-0.2, -0.15) is 5.26 Å². The third-order valence-electron chi connectivity index (χ3n) is 4.08. The second-order valence-electron chi connectivity index (χ2n) is 5.70. The standard InChI is InChI=1S/C22H17NO3/c1-25-20-5-3-4-18(13-20)22(24)19(14-23)11-15-6-7-17-12-21(26-2)9-8-16(17)10-15/h3-13H,1-2H3/b19-11-. The minimum Gasteiger partial charge on any atom is -0.497 e. The Hall–Kier alpha value is -3.58. The van der Waals surface area contributed by atoms with Crippen molar-refractivity contribution in [2.45, 2.75) is 0 Å². The van der Waals surface area contributed by atoms with Crippen LogP contribution < -0.4 is 9.47 Å². The molecule has 128 valence electrons. The highest BCUT2D eigenvalue weighted by Gasteiger charge is 2.13. The fourth-order valence-corrected chi connectivity index (χ4v) is 2.69. The molecule has 0 aromatic heterocycles. The van der Waals surface area contributed by atoms with E-state index < -0.39 is 0 Å². The Kier molecular flexibility index (Phi) is 5.00. The number of hydrogen-bond donors (Lipinski definition) is 0. The van der Waals surface area contributed by atoms with Gasteiger partial charge in [-0.05, 0) is 52.7 Å². The molecular weight excluding hydrogens is 326 g/mol. The summed E-state index contributed by atoms with van der Waals surface area (Å²) in [6, 6.07) is 20.3. The highest BCUT2D eigenvalue weighted by molar-refractivity contribution is 6.14. The smallest absolute Gasteiger partial charge is 0.203 e. The highest BCUT2D eigenvalue weighted by atomic mass is 16.5. The van der Waals surface area contributed by atoms with Crippen molar-refractivity contribution in [1.82, 2.24) is 0 Å². The number of carbonyl (C=O) groups is 1. The van der Waals surface area contributed by atoms with E-state index in [0.717, 1.165) is 22.1 Å². The van der Waals surface area contributed by atoms with Crippen molar-refractivity contribution in [3.63, 3.8) is 0 Å². The summed E-state index contributed by atoms with van der Waals surface area (Å²) in [6.45, 7) is 0. The topological polar surface area (TPSA) is 59.3 Å². The molecule has 0 unspecified atom stereocenters. The number of ketones is 1. The van der Waals surface area contributed by atoms with Crippen LogP contribution in [-0.4, -0.2) is 20.0 Å². The number of hydrogen-bond acceptors (Lipinski definition) is 4. The zero-order valence-corrected chi connectivity index (χ0v) is 14.5. The predicted octanol–water partition coefficient (Wildman–Crippen LogP) is 4.65. The Morgan fingerprint density at radius 1 is 0.923 bits per heavy atom. The zero-order valence-electron chi connectivity index (χ0n) is 14.5. The number of carbonyl (C=O) groups excluding carboxylic acids is 1. The molecule has 0 heterocycles. The molecule has 0 radical (unpaired) electrons. The van der Waals surface area contributed by atoms with Crippen LogP contribution in [-0.2, 0) is 0 Å². The first-order chi connectivity index (χ1) is 12.6. The zero-order chi connectivity index (χ0) is 18.5. The summed E-state index contributed by atoms with van der Waals surface area (Å²) in [7, 11) is 3.16. The van der Waals surface area contributed by atoms with Gasteiger partial charge in [-0.15, -0.1) is 0 Å². The van der Waals surface area contributed by atoms with Gasteiger partial charge in [-0.25, -0.2) is 0 Å². The number of rotatable bonds is 5. The molecule has 0 bridgehead atoms. The van der Waals surface area contributed by atoms with Crippen molar-refractivity contribution in [2.75, 3.05) is 14.2 Å². The van der Waals surface area contributed by atoms with Crippen LogP contribution in [0.15, 0.2) is 66.2 Å². The van der Waals surface area contributed by atoms with E-state index in [2.05, 4.69) is 0 Å². The molecule has 0 aliphatic carbocycles. The van der Waals surface area contributed by atoms with Gasteiger partial charge in [-0.3, -0.25) is 4.79 Å². The maximum atomic E-state index is 12.6. The Balaban J connectivity index is 1.96. The fraction of sp³-hybridized carbons (Fsp3) is 0.0909. The molecule has 3 aromatic rings. The van der Waals surface area contributed by atoms with Gasteiger partial charge >= 0.3 is 0 Å². The van der Waals surface area contributed by atoms with Crippen molar-refractivity contribution in [2.24, 2.45) is 0 Å². The molecule has 3 aromatic carbocycles. The molecule has 0 spiro atoms. The van der Waals surface area contributed by atoms with Gasteiger partial charge < -0.3 is 9.47 Å². The number of nitrogens with zero attached hydrogens (tertiary/aromatic N) is 1. The van der Waals surface area contributed by atoms with E-state index in [4.69, 9.17) is 9.47 Å². The lowest BCUT2D eigenvalue weighted by Gasteiger charge is -2.05. The van der Waals surface area contributed by atoms with Gasteiger partial charge in [0, 0.05) is 5.56 Å². The summed E-state index contributed by atoms with van der Waals surface area (Å²) >= 11 is 0. The van der Waals surface area contributed by atoms with Crippen LogP contribution in [0.4, 0.5) is 0 Å². The summed E-state index contributed by atoms with van der Waals surface area (Å²) < 4.78 is 10.4. The fourth-order valence-electron chi connectivity index (χ4n) is 2.69. The van der Waals surface area contributed by atoms with Crippen LogP contribution in [0.5, 0.6) is 11.5 Å². The molecule has 0 aliphatic rings. The monoisotopic (exact) mass is 343 g/mol. The predicted molar refractivity (Wildman–Crippen MR) is 101 cm³/mol. The van der Waals surface area contributed by atoms with Gasteiger partial charge in [-0.1, -0.05) is 30.3 Å². The van der Waals surface area contributed by atoms with E-state index >= 15 is 0 Å².